The Morgan fingerprint density at radius 3 is 3.11 bits per heavy atom. The van der Waals surface area contributed by atoms with Crippen LogP contribution in [0.1, 0.15) is 13.3 Å². The molecule has 0 saturated carbocycles. The molecule has 0 spiro atoms. The maximum absolute atomic E-state index is 12.0. The molecule has 1 amide bonds. The molecule has 0 aliphatic carbocycles. The Morgan fingerprint density at radius 2 is 2.42 bits per heavy atom. The van der Waals surface area contributed by atoms with Crippen molar-refractivity contribution in [1.29, 1.82) is 0 Å². The predicted octanol–water partition coefficient (Wildman–Crippen LogP) is 1.72. The molecule has 1 aromatic rings. The van der Waals surface area contributed by atoms with Crippen LogP contribution in [0, 0.1) is 5.92 Å². The summed E-state index contributed by atoms with van der Waals surface area (Å²) in [6.07, 6.45) is 2.10. The van der Waals surface area contributed by atoms with Crippen LogP contribution in [-0.4, -0.2) is 35.4 Å². The molecule has 1 fully saturated rings. The van der Waals surface area contributed by atoms with E-state index in [0.29, 0.717) is 30.3 Å². The lowest BCUT2D eigenvalue weighted by Crippen LogP contribution is -2.26. The van der Waals surface area contributed by atoms with E-state index in [1.54, 1.807) is 37.3 Å². The van der Waals surface area contributed by atoms with Crippen LogP contribution in [0.15, 0.2) is 18.3 Å². The molecular formula is C13H16N2O3S. The molecule has 2 rings (SSSR count). The molecule has 19 heavy (non-hydrogen) atoms. The Kier molecular flexibility index (Phi) is 4.42. The first-order valence-corrected chi connectivity index (χ1v) is 7.03. The van der Waals surface area contributed by atoms with Crippen LogP contribution in [0.2, 0.25) is 0 Å². The summed E-state index contributed by atoms with van der Waals surface area (Å²) >= 11 is 1.27. The van der Waals surface area contributed by atoms with Crippen molar-refractivity contribution in [2.75, 3.05) is 24.3 Å². The number of carbonyl (C=O) groups excluding carboxylic acids is 2. The summed E-state index contributed by atoms with van der Waals surface area (Å²) in [6.45, 7) is 2.13. The number of thioether (sulfide) groups is 1. The lowest BCUT2D eigenvalue weighted by molar-refractivity contribution is -0.117. The molecule has 1 aliphatic rings. The van der Waals surface area contributed by atoms with Crippen molar-refractivity contribution in [3.05, 3.63) is 18.3 Å². The van der Waals surface area contributed by atoms with E-state index in [0.717, 1.165) is 0 Å². The van der Waals surface area contributed by atoms with Gasteiger partial charge >= 0.3 is 0 Å². The zero-order valence-corrected chi connectivity index (χ0v) is 11.8. The fraction of sp³-hybridized carbons (Fsp3) is 0.462. The third-order valence-corrected chi connectivity index (χ3v) is 4.00. The molecule has 0 N–H and O–H groups in total. The highest BCUT2D eigenvalue weighted by molar-refractivity contribution is 8.13. The summed E-state index contributed by atoms with van der Waals surface area (Å²) in [7, 11) is 1.56. The van der Waals surface area contributed by atoms with Crippen LogP contribution in [0.25, 0.3) is 0 Å². The highest BCUT2D eigenvalue weighted by atomic mass is 32.2. The highest BCUT2D eigenvalue weighted by Crippen LogP contribution is 2.31. The van der Waals surface area contributed by atoms with Crippen LogP contribution in [0.3, 0.4) is 0 Å². The molecule has 5 nitrogen and oxygen atoms in total. The van der Waals surface area contributed by atoms with Crippen LogP contribution in [-0.2, 0) is 9.59 Å². The quantitative estimate of drug-likeness (QED) is 0.840. The molecule has 1 unspecified atom stereocenters. The average molecular weight is 280 g/mol. The Hall–Kier alpha value is -1.56. The van der Waals surface area contributed by atoms with Gasteiger partial charge in [0.25, 0.3) is 0 Å². The van der Waals surface area contributed by atoms with E-state index in [-0.39, 0.29) is 16.9 Å². The van der Waals surface area contributed by atoms with E-state index >= 15 is 0 Å². The maximum Gasteiger partial charge on any atom is 0.228 e. The van der Waals surface area contributed by atoms with Crippen molar-refractivity contribution in [1.82, 2.24) is 4.98 Å². The number of carbonyl (C=O) groups is 2. The number of anilines is 1. The van der Waals surface area contributed by atoms with Gasteiger partial charge in [0.2, 0.25) is 5.91 Å². The first-order valence-electron chi connectivity index (χ1n) is 6.04. The van der Waals surface area contributed by atoms with Crippen LogP contribution in [0.4, 0.5) is 5.82 Å². The zero-order valence-electron chi connectivity index (χ0n) is 11.0. The van der Waals surface area contributed by atoms with Crippen LogP contribution < -0.4 is 9.64 Å². The first-order chi connectivity index (χ1) is 9.11. The summed E-state index contributed by atoms with van der Waals surface area (Å²) in [5.74, 6) is 2.05. The van der Waals surface area contributed by atoms with Gasteiger partial charge in [0.1, 0.15) is 0 Å². The SMILES string of the molecule is COc1cccnc1N1CC(CSC(C)=O)CC1=O. The van der Waals surface area contributed by atoms with E-state index < -0.39 is 0 Å². The minimum absolute atomic E-state index is 0.0335. The van der Waals surface area contributed by atoms with Crippen molar-refractivity contribution < 1.29 is 14.3 Å². The average Bonchev–Trinajstić information content (AvgIpc) is 2.77. The molecule has 0 bridgehead atoms. The number of rotatable bonds is 4. The number of aromatic nitrogens is 1. The van der Waals surface area contributed by atoms with E-state index in [9.17, 15) is 9.59 Å². The Balaban J connectivity index is 2.09. The number of hydrogen-bond donors (Lipinski definition) is 0. The van der Waals surface area contributed by atoms with Crippen molar-refractivity contribution in [2.24, 2.45) is 5.92 Å². The fourth-order valence-electron chi connectivity index (χ4n) is 2.08. The van der Waals surface area contributed by atoms with Gasteiger partial charge in [-0.25, -0.2) is 4.98 Å². The number of pyridine rings is 1. The number of methoxy groups -OCH3 is 1. The highest BCUT2D eigenvalue weighted by Gasteiger charge is 2.32. The molecule has 1 atom stereocenters. The standard InChI is InChI=1S/C13H16N2O3S/c1-9(16)19-8-10-6-12(17)15(7-10)13-11(18-2)4-3-5-14-13/h3-5,10H,6-8H2,1-2H3. The van der Waals surface area contributed by atoms with Crippen molar-refractivity contribution in [3.8, 4) is 5.75 Å². The minimum atomic E-state index is 0.0335. The van der Waals surface area contributed by atoms with Crippen LogP contribution >= 0.6 is 11.8 Å². The lowest BCUT2D eigenvalue weighted by atomic mass is 10.1. The van der Waals surface area contributed by atoms with Gasteiger partial charge in [0.15, 0.2) is 16.7 Å². The van der Waals surface area contributed by atoms with Gasteiger partial charge in [-0.2, -0.15) is 0 Å². The third kappa shape index (κ3) is 3.26. The molecule has 1 aliphatic heterocycles. The number of amides is 1. The summed E-state index contributed by atoms with van der Waals surface area (Å²) in [4.78, 5) is 28.9. The molecule has 0 radical (unpaired) electrons. The van der Waals surface area contributed by atoms with Gasteiger partial charge in [-0.1, -0.05) is 11.8 Å². The molecule has 0 aromatic carbocycles. The lowest BCUT2D eigenvalue weighted by Gasteiger charge is -2.17. The fourth-order valence-corrected chi connectivity index (χ4v) is 2.77. The Morgan fingerprint density at radius 1 is 1.63 bits per heavy atom. The molecule has 102 valence electrons. The summed E-state index contributed by atoms with van der Waals surface area (Å²) in [5, 5.41) is 0.0846. The summed E-state index contributed by atoms with van der Waals surface area (Å²) in [6, 6.07) is 3.55. The largest absolute Gasteiger partial charge is 0.493 e. The predicted molar refractivity (Wildman–Crippen MR) is 74.4 cm³/mol. The monoisotopic (exact) mass is 280 g/mol. The number of ether oxygens (including phenoxy) is 1. The zero-order chi connectivity index (χ0) is 13.8. The third-order valence-electron chi connectivity index (χ3n) is 2.95. The summed E-state index contributed by atoms with van der Waals surface area (Å²) < 4.78 is 5.22. The topological polar surface area (TPSA) is 59.5 Å². The van der Waals surface area contributed by atoms with Gasteiger partial charge in [-0.05, 0) is 18.1 Å². The second-order valence-electron chi connectivity index (χ2n) is 4.41. The smallest absolute Gasteiger partial charge is 0.228 e. The number of hydrogen-bond acceptors (Lipinski definition) is 5. The van der Waals surface area contributed by atoms with Crippen molar-refractivity contribution in [2.45, 2.75) is 13.3 Å². The molecule has 2 heterocycles. The normalized spacial score (nSPS) is 18.7. The van der Waals surface area contributed by atoms with Gasteiger partial charge < -0.3 is 4.74 Å². The van der Waals surface area contributed by atoms with Gasteiger partial charge in [0.05, 0.1) is 7.11 Å². The van der Waals surface area contributed by atoms with E-state index in [4.69, 9.17) is 4.74 Å². The van der Waals surface area contributed by atoms with E-state index in [1.165, 1.54) is 11.8 Å². The van der Waals surface area contributed by atoms with E-state index in [2.05, 4.69) is 4.98 Å². The van der Waals surface area contributed by atoms with Gasteiger partial charge in [-0.15, -0.1) is 0 Å². The Bertz CT molecular complexity index is 493. The van der Waals surface area contributed by atoms with Gasteiger partial charge in [-0.3, -0.25) is 14.5 Å². The van der Waals surface area contributed by atoms with Crippen molar-refractivity contribution >= 4 is 28.6 Å². The van der Waals surface area contributed by atoms with Crippen molar-refractivity contribution in [3.63, 3.8) is 0 Å². The van der Waals surface area contributed by atoms with E-state index in [1.807, 2.05) is 0 Å². The summed E-state index contributed by atoms with van der Waals surface area (Å²) in [5.41, 5.74) is 0. The van der Waals surface area contributed by atoms with Gasteiger partial charge in [0, 0.05) is 31.8 Å². The van der Waals surface area contributed by atoms with Crippen LogP contribution in [0.5, 0.6) is 5.75 Å². The molecule has 1 aromatic heterocycles. The first kappa shape index (κ1) is 13.9. The number of nitrogens with zero attached hydrogens (tertiary/aromatic N) is 2. The minimum Gasteiger partial charge on any atom is -0.493 e. The second kappa shape index (κ2) is 6.06. The second-order valence-corrected chi connectivity index (χ2v) is 5.60. The maximum atomic E-state index is 12.0. The Labute approximate surface area is 116 Å². The molecular weight excluding hydrogens is 264 g/mol. The molecule has 6 heteroatoms. The molecule has 1 saturated heterocycles.